The molecule has 0 saturated carbocycles. The van der Waals surface area contributed by atoms with Gasteiger partial charge in [-0.05, 0) is 24.6 Å². The zero-order valence-corrected chi connectivity index (χ0v) is 13.3. The van der Waals surface area contributed by atoms with E-state index in [0.717, 1.165) is 11.3 Å². The molecule has 5 heteroatoms. The molecule has 2 aromatic rings. The second-order valence-corrected chi connectivity index (χ2v) is 6.33. The van der Waals surface area contributed by atoms with E-state index in [2.05, 4.69) is 15.3 Å². The molecule has 0 aliphatic carbocycles. The maximum Gasteiger partial charge on any atom is 0.275 e. The van der Waals surface area contributed by atoms with Crippen molar-refractivity contribution in [3.05, 3.63) is 52.6 Å². The third-order valence-electron chi connectivity index (χ3n) is 2.95. The van der Waals surface area contributed by atoms with Crippen molar-refractivity contribution in [1.82, 2.24) is 9.97 Å². The number of nitrogens with zero attached hydrogens (tertiary/aromatic N) is 2. The minimum absolute atomic E-state index is 0.203. The Bertz CT molecular complexity index is 677. The SMILES string of the molecule is Cc1cccc(NC(=O)c2cnc(C(C)(C)C)c(Cl)n2)c1. The highest BCUT2D eigenvalue weighted by molar-refractivity contribution is 6.30. The number of carbonyl (C=O) groups is 1. The van der Waals surface area contributed by atoms with Crippen LogP contribution in [0.15, 0.2) is 30.5 Å². The fraction of sp³-hybridized carbons (Fsp3) is 0.312. The first-order valence-electron chi connectivity index (χ1n) is 6.68. The Kier molecular flexibility index (Phi) is 4.28. The molecule has 0 aliphatic heterocycles. The Morgan fingerprint density at radius 3 is 2.57 bits per heavy atom. The van der Waals surface area contributed by atoms with E-state index in [1.54, 1.807) is 0 Å². The fourth-order valence-electron chi connectivity index (χ4n) is 1.90. The zero-order valence-electron chi connectivity index (χ0n) is 12.6. The first-order chi connectivity index (χ1) is 9.77. The number of hydrogen-bond acceptors (Lipinski definition) is 3. The van der Waals surface area contributed by atoms with Crippen molar-refractivity contribution in [3.63, 3.8) is 0 Å². The Morgan fingerprint density at radius 1 is 1.29 bits per heavy atom. The lowest BCUT2D eigenvalue weighted by Gasteiger charge is -2.18. The molecule has 110 valence electrons. The van der Waals surface area contributed by atoms with E-state index in [1.165, 1.54) is 6.20 Å². The van der Waals surface area contributed by atoms with Crippen molar-refractivity contribution in [2.45, 2.75) is 33.1 Å². The van der Waals surface area contributed by atoms with Gasteiger partial charge in [-0.1, -0.05) is 44.5 Å². The first-order valence-corrected chi connectivity index (χ1v) is 7.06. The molecule has 0 atom stereocenters. The van der Waals surface area contributed by atoms with Crippen molar-refractivity contribution in [2.75, 3.05) is 5.32 Å². The lowest BCUT2D eigenvalue weighted by atomic mass is 9.92. The van der Waals surface area contributed by atoms with E-state index in [1.807, 2.05) is 52.0 Å². The normalized spacial score (nSPS) is 11.3. The summed E-state index contributed by atoms with van der Waals surface area (Å²) in [5.74, 6) is -0.324. The lowest BCUT2D eigenvalue weighted by Crippen LogP contribution is -2.19. The van der Waals surface area contributed by atoms with Crippen molar-refractivity contribution >= 4 is 23.2 Å². The Balaban J connectivity index is 2.23. The average Bonchev–Trinajstić information content (AvgIpc) is 2.37. The van der Waals surface area contributed by atoms with Crippen LogP contribution in [0.5, 0.6) is 0 Å². The van der Waals surface area contributed by atoms with E-state index in [-0.39, 0.29) is 22.2 Å². The monoisotopic (exact) mass is 303 g/mol. The molecule has 0 fully saturated rings. The summed E-state index contributed by atoms with van der Waals surface area (Å²) in [5, 5.41) is 3.05. The summed E-state index contributed by atoms with van der Waals surface area (Å²) in [6, 6.07) is 7.55. The summed E-state index contributed by atoms with van der Waals surface area (Å²) < 4.78 is 0. The number of amides is 1. The van der Waals surface area contributed by atoms with Gasteiger partial charge in [0.05, 0.1) is 11.9 Å². The Labute approximate surface area is 129 Å². The van der Waals surface area contributed by atoms with Crippen LogP contribution < -0.4 is 5.32 Å². The number of aryl methyl sites for hydroxylation is 1. The maximum atomic E-state index is 12.2. The van der Waals surface area contributed by atoms with Gasteiger partial charge in [0, 0.05) is 11.1 Å². The molecule has 21 heavy (non-hydrogen) atoms. The molecule has 4 nitrogen and oxygen atoms in total. The smallest absolute Gasteiger partial charge is 0.275 e. The van der Waals surface area contributed by atoms with Crippen LogP contribution >= 0.6 is 11.6 Å². The Hall–Kier alpha value is -1.94. The quantitative estimate of drug-likeness (QED) is 0.912. The second-order valence-electron chi connectivity index (χ2n) is 5.97. The summed E-state index contributed by atoms with van der Waals surface area (Å²) >= 11 is 6.13. The highest BCUT2D eigenvalue weighted by Gasteiger charge is 2.21. The molecular formula is C16H18ClN3O. The molecule has 0 unspecified atom stereocenters. The second kappa shape index (κ2) is 5.82. The van der Waals surface area contributed by atoms with Gasteiger partial charge in [-0.3, -0.25) is 9.78 Å². The van der Waals surface area contributed by atoms with Crippen LogP contribution in [0, 0.1) is 6.92 Å². The Morgan fingerprint density at radius 2 is 2.00 bits per heavy atom. The van der Waals surface area contributed by atoms with Crippen molar-refractivity contribution in [3.8, 4) is 0 Å². The number of rotatable bonds is 2. The van der Waals surface area contributed by atoms with Crippen molar-refractivity contribution < 1.29 is 4.79 Å². The summed E-state index contributed by atoms with van der Waals surface area (Å²) in [5.41, 5.74) is 2.46. The van der Waals surface area contributed by atoms with E-state index in [0.29, 0.717) is 5.69 Å². The summed E-state index contributed by atoms with van der Waals surface area (Å²) in [4.78, 5) is 20.6. The van der Waals surface area contributed by atoms with Crippen molar-refractivity contribution in [1.29, 1.82) is 0 Å². The number of hydrogen-bond donors (Lipinski definition) is 1. The van der Waals surface area contributed by atoms with Crippen LogP contribution in [-0.2, 0) is 5.41 Å². The first kappa shape index (κ1) is 15.4. The molecule has 1 amide bonds. The highest BCUT2D eigenvalue weighted by atomic mass is 35.5. The van der Waals surface area contributed by atoms with Crippen LogP contribution in [0.3, 0.4) is 0 Å². The highest BCUT2D eigenvalue weighted by Crippen LogP contribution is 2.25. The van der Waals surface area contributed by atoms with Crippen LogP contribution in [0.4, 0.5) is 5.69 Å². The molecule has 0 radical (unpaired) electrons. The van der Waals surface area contributed by atoms with Crippen LogP contribution in [0.1, 0.15) is 42.5 Å². The minimum atomic E-state index is -0.324. The number of benzene rings is 1. The standard InChI is InChI=1S/C16H18ClN3O/c1-10-6-5-7-11(8-10)19-15(21)12-9-18-13(14(17)20-12)16(2,3)4/h5-9H,1-4H3,(H,19,21). The van der Waals surface area contributed by atoms with Crippen molar-refractivity contribution in [2.24, 2.45) is 0 Å². The van der Waals surface area contributed by atoms with Gasteiger partial charge < -0.3 is 5.32 Å². The molecule has 1 heterocycles. The van der Waals surface area contributed by atoms with Gasteiger partial charge in [-0.2, -0.15) is 0 Å². The van der Waals surface area contributed by atoms with Gasteiger partial charge in [0.15, 0.2) is 5.15 Å². The minimum Gasteiger partial charge on any atom is -0.321 e. The largest absolute Gasteiger partial charge is 0.321 e. The molecular weight excluding hydrogens is 286 g/mol. The van der Waals surface area contributed by atoms with E-state index < -0.39 is 0 Å². The zero-order chi connectivity index (χ0) is 15.6. The molecule has 0 saturated heterocycles. The third kappa shape index (κ3) is 3.79. The summed E-state index contributed by atoms with van der Waals surface area (Å²) in [6.07, 6.45) is 1.46. The predicted octanol–water partition coefficient (Wildman–Crippen LogP) is 3.99. The molecule has 2 rings (SSSR count). The summed E-state index contributed by atoms with van der Waals surface area (Å²) in [6.45, 7) is 7.95. The number of carbonyl (C=O) groups excluding carboxylic acids is 1. The fourth-order valence-corrected chi connectivity index (χ4v) is 2.32. The van der Waals surface area contributed by atoms with Crippen LogP contribution in [0.25, 0.3) is 0 Å². The van der Waals surface area contributed by atoms with E-state index in [4.69, 9.17) is 11.6 Å². The van der Waals surface area contributed by atoms with E-state index >= 15 is 0 Å². The molecule has 0 bridgehead atoms. The number of halogens is 1. The van der Waals surface area contributed by atoms with Gasteiger partial charge in [0.2, 0.25) is 0 Å². The lowest BCUT2D eigenvalue weighted by molar-refractivity contribution is 0.102. The van der Waals surface area contributed by atoms with Gasteiger partial charge in [-0.25, -0.2) is 4.98 Å². The van der Waals surface area contributed by atoms with Gasteiger partial charge in [0.1, 0.15) is 5.69 Å². The maximum absolute atomic E-state index is 12.2. The summed E-state index contributed by atoms with van der Waals surface area (Å²) in [7, 11) is 0. The van der Waals surface area contributed by atoms with Crippen LogP contribution in [-0.4, -0.2) is 15.9 Å². The predicted molar refractivity (Wildman–Crippen MR) is 84.9 cm³/mol. The third-order valence-corrected chi connectivity index (χ3v) is 3.21. The van der Waals surface area contributed by atoms with Gasteiger partial charge in [0.25, 0.3) is 5.91 Å². The average molecular weight is 304 g/mol. The molecule has 1 aromatic heterocycles. The van der Waals surface area contributed by atoms with Crippen LogP contribution in [0.2, 0.25) is 5.15 Å². The molecule has 0 spiro atoms. The molecule has 1 N–H and O–H groups in total. The number of aromatic nitrogens is 2. The topological polar surface area (TPSA) is 54.9 Å². The molecule has 1 aromatic carbocycles. The number of anilines is 1. The number of nitrogens with one attached hydrogen (secondary N) is 1. The van der Waals surface area contributed by atoms with E-state index in [9.17, 15) is 4.79 Å². The van der Waals surface area contributed by atoms with Gasteiger partial charge in [-0.15, -0.1) is 0 Å². The molecule has 0 aliphatic rings. The van der Waals surface area contributed by atoms with Gasteiger partial charge >= 0.3 is 0 Å².